The lowest BCUT2D eigenvalue weighted by molar-refractivity contribution is 0.102. The van der Waals surface area contributed by atoms with Gasteiger partial charge in [0.1, 0.15) is 0 Å². The number of anilines is 1. The maximum absolute atomic E-state index is 12.6. The van der Waals surface area contributed by atoms with E-state index in [2.05, 4.69) is 21.6 Å². The minimum Gasteiger partial charge on any atom is -0.322 e. The lowest BCUT2D eigenvalue weighted by Gasteiger charge is -2.09. The van der Waals surface area contributed by atoms with Crippen molar-refractivity contribution >= 4 is 11.6 Å². The molecule has 0 aliphatic heterocycles. The average Bonchev–Trinajstić information content (AvgIpc) is 2.97. The van der Waals surface area contributed by atoms with Crippen LogP contribution in [-0.2, 0) is 13.6 Å². The van der Waals surface area contributed by atoms with E-state index in [4.69, 9.17) is 0 Å². The molecule has 0 bridgehead atoms. The number of nitrogens with one attached hydrogen (secondary N) is 1. The lowest BCUT2D eigenvalue weighted by Crippen LogP contribution is -2.14. The number of carbonyl (C=O) groups is 1. The van der Waals surface area contributed by atoms with Crippen molar-refractivity contribution in [2.24, 2.45) is 7.05 Å². The predicted octanol–water partition coefficient (Wildman–Crippen LogP) is 3.15. The van der Waals surface area contributed by atoms with Crippen LogP contribution in [0.3, 0.4) is 0 Å². The summed E-state index contributed by atoms with van der Waals surface area (Å²) in [5.41, 5.74) is 6.20. The third-order valence-electron chi connectivity index (χ3n) is 4.36. The van der Waals surface area contributed by atoms with Crippen LogP contribution in [0.2, 0.25) is 0 Å². The Kier molecular flexibility index (Phi) is 4.44. The molecule has 0 saturated heterocycles. The average molecular weight is 337 g/mol. The number of carbonyl (C=O) groups excluding carboxylic acids is 1. The number of hydrogen-bond acceptors (Lipinski definition) is 3. The molecule has 130 valence electrons. The first-order valence-corrected chi connectivity index (χ1v) is 8.26. The molecule has 1 N–H and O–H groups in total. The van der Waals surface area contributed by atoms with Gasteiger partial charge in [0.15, 0.2) is 0 Å². The Hall–Kier alpha value is -2.89. The molecular formula is C19H23N5O. The summed E-state index contributed by atoms with van der Waals surface area (Å²) >= 11 is 0. The number of nitrogens with zero attached hydrogens (tertiary/aromatic N) is 4. The highest BCUT2D eigenvalue weighted by Crippen LogP contribution is 2.17. The second-order valence-corrected chi connectivity index (χ2v) is 6.41. The Morgan fingerprint density at radius 1 is 1.12 bits per heavy atom. The van der Waals surface area contributed by atoms with Gasteiger partial charge in [-0.2, -0.15) is 10.2 Å². The second-order valence-electron chi connectivity index (χ2n) is 6.41. The number of aryl methyl sites for hydroxylation is 4. The van der Waals surface area contributed by atoms with Gasteiger partial charge in [0.2, 0.25) is 0 Å². The van der Waals surface area contributed by atoms with Crippen molar-refractivity contribution in [1.29, 1.82) is 0 Å². The molecule has 0 atom stereocenters. The molecule has 1 aromatic carbocycles. The van der Waals surface area contributed by atoms with E-state index in [-0.39, 0.29) is 5.91 Å². The van der Waals surface area contributed by atoms with Gasteiger partial charge in [0.05, 0.1) is 23.5 Å². The van der Waals surface area contributed by atoms with Crippen molar-refractivity contribution < 1.29 is 4.79 Å². The quantitative estimate of drug-likeness (QED) is 0.795. The Bertz CT molecular complexity index is 935. The Morgan fingerprint density at radius 3 is 2.48 bits per heavy atom. The molecule has 3 rings (SSSR count). The molecule has 0 aliphatic carbocycles. The fraction of sp³-hybridized carbons (Fsp3) is 0.316. The van der Waals surface area contributed by atoms with Gasteiger partial charge in [-0.05, 0) is 51.5 Å². The fourth-order valence-electron chi connectivity index (χ4n) is 3.05. The van der Waals surface area contributed by atoms with Crippen LogP contribution in [-0.4, -0.2) is 25.5 Å². The van der Waals surface area contributed by atoms with Crippen LogP contribution in [0.15, 0.2) is 30.3 Å². The maximum Gasteiger partial charge on any atom is 0.259 e. The highest BCUT2D eigenvalue weighted by molar-refractivity contribution is 6.05. The summed E-state index contributed by atoms with van der Waals surface area (Å²) in [6.07, 6.45) is 0. The van der Waals surface area contributed by atoms with Gasteiger partial charge in [-0.3, -0.25) is 14.2 Å². The number of amides is 1. The van der Waals surface area contributed by atoms with E-state index in [0.717, 1.165) is 34.0 Å². The summed E-state index contributed by atoms with van der Waals surface area (Å²) in [5.74, 6) is -0.133. The van der Waals surface area contributed by atoms with Gasteiger partial charge in [-0.25, -0.2) is 0 Å². The van der Waals surface area contributed by atoms with E-state index in [1.807, 2.05) is 63.7 Å². The van der Waals surface area contributed by atoms with E-state index >= 15 is 0 Å². The zero-order valence-corrected chi connectivity index (χ0v) is 15.3. The molecule has 0 aliphatic rings. The van der Waals surface area contributed by atoms with E-state index in [1.54, 1.807) is 4.68 Å². The first-order valence-electron chi connectivity index (χ1n) is 8.26. The van der Waals surface area contributed by atoms with E-state index in [1.165, 1.54) is 0 Å². The summed E-state index contributed by atoms with van der Waals surface area (Å²) < 4.78 is 3.69. The molecule has 6 heteroatoms. The minimum atomic E-state index is -0.133. The maximum atomic E-state index is 12.6. The van der Waals surface area contributed by atoms with Crippen LogP contribution >= 0.6 is 0 Å². The van der Waals surface area contributed by atoms with Crippen LogP contribution in [0, 0.1) is 27.7 Å². The monoisotopic (exact) mass is 337 g/mol. The summed E-state index contributed by atoms with van der Waals surface area (Å²) in [5, 5.41) is 11.8. The predicted molar refractivity (Wildman–Crippen MR) is 97.9 cm³/mol. The van der Waals surface area contributed by atoms with Gasteiger partial charge in [0, 0.05) is 24.1 Å². The van der Waals surface area contributed by atoms with E-state index in [0.29, 0.717) is 12.1 Å². The van der Waals surface area contributed by atoms with Crippen molar-refractivity contribution in [2.75, 3.05) is 5.32 Å². The summed E-state index contributed by atoms with van der Waals surface area (Å²) in [4.78, 5) is 12.6. The van der Waals surface area contributed by atoms with Crippen molar-refractivity contribution in [3.63, 3.8) is 0 Å². The first kappa shape index (κ1) is 17.0. The summed E-state index contributed by atoms with van der Waals surface area (Å²) in [6.45, 7) is 8.45. The number of benzene rings is 1. The zero-order chi connectivity index (χ0) is 18.1. The molecule has 2 heterocycles. The summed E-state index contributed by atoms with van der Waals surface area (Å²) in [7, 11) is 1.84. The van der Waals surface area contributed by atoms with Gasteiger partial charge in [-0.1, -0.05) is 12.1 Å². The smallest absolute Gasteiger partial charge is 0.259 e. The highest BCUT2D eigenvalue weighted by Gasteiger charge is 2.17. The topological polar surface area (TPSA) is 64.7 Å². The standard InChI is InChI=1S/C19H23N5O/c1-12-9-13(2)24(21-12)11-16-7-6-8-17(10-16)20-19(25)18-14(3)22-23(5)15(18)4/h6-10H,11H2,1-5H3,(H,20,25). The Balaban J connectivity index is 1.80. The van der Waals surface area contributed by atoms with Crippen LogP contribution in [0.1, 0.15) is 38.7 Å². The van der Waals surface area contributed by atoms with Crippen molar-refractivity contribution in [3.05, 3.63) is 64.2 Å². The number of hydrogen-bond donors (Lipinski definition) is 1. The third kappa shape index (κ3) is 3.47. The van der Waals surface area contributed by atoms with Crippen LogP contribution in [0.5, 0.6) is 0 Å². The number of rotatable bonds is 4. The van der Waals surface area contributed by atoms with Gasteiger partial charge in [-0.15, -0.1) is 0 Å². The zero-order valence-electron chi connectivity index (χ0n) is 15.3. The molecule has 2 aromatic heterocycles. The SMILES string of the molecule is Cc1cc(C)n(Cc2cccc(NC(=O)c3c(C)nn(C)c3C)c2)n1. The normalized spacial score (nSPS) is 10.9. The lowest BCUT2D eigenvalue weighted by atomic mass is 10.1. The van der Waals surface area contributed by atoms with E-state index < -0.39 is 0 Å². The molecule has 0 unspecified atom stereocenters. The molecule has 1 amide bonds. The van der Waals surface area contributed by atoms with Crippen molar-refractivity contribution in [1.82, 2.24) is 19.6 Å². The molecule has 0 fully saturated rings. The molecule has 3 aromatic rings. The first-order chi connectivity index (χ1) is 11.8. The summed E-state index contributed by atoms with van der Waals surface area (Å²) in [6, 6.07) is 9.91. The Morgan fingerprint density at radius 2 is 1.88 bits per heavy atom. The molecular weight excluding hydrogens is 314 g/mol. The van der Waals surface area contributed by atoms with Gasteiger partial charge < -0.3 is 5.32 Å². The molecule has 0 radical (unpaired) electrons. The van der Waals surface area contributed by atoms with Gasteiger partial charge >= 0.3 is 0 Å². The van der Waals surface area contributed by atoms with E-state index in [9.17, 15) is 4.79 Å². The highest BCUT2D eigenvalue weighted by atomic mass is 16.1. The van der Waals surface area contributed by atoms with Gasteiger partial charge in [0.25, 0.3) is 5.91 Å². The van der Waals surface area contributed by atoms with Crippen LogP contribution in [0.4, 0.5) is 5.69 Å². The molecule has 0 saturated carbocycles. The van der Waals surface area contributed by atoms with Crippen molar-refractivity contribution in [2.45, 2.75) is 34.2 Å². The van der Waals surface area contributed by atoms with Crippen molar-refractivity contribution in [3.8, 4) is 0 Å². The third-order valence-corrected chi connectivity index (χ3v) is 4.36. The molecule has 25 heavy (non-hydrogen) atoms. The fourth-order valence-corrected chi connectivity index (χ4v) is 3.05. The van der Waals surface area contributed by atoms with Crippen LogP contribution in [0.25, 0.3) is 0 Å². The minimum absolute atomic E-state index is 0.133. The largest absolute Gasteiger partial charge is 0.322 e. The molecule has 6 nitrogen and oxygen atoms in total. The molecule has 0 spiro atoms. The van der Waals surface area contributed by atoms with Crippen LogP contribution < -0.4 is 5.32 Å². The number of aromatic nitrogens is 4. The second kappa shape index (κ2) is 6.55. The Labute approximate surface area is 147 Å².